The molecule has 0 aliphatic heterocycles. The molecule has 2 nitrogen and oxygen atoms in total. The van der Waals surface area contributed by atoms with Crippen LogP contribution in [-0.2, 0) is 13.2 Å². The molecule has 2 aromatic carbocycles. The van der Waals surface area contributed by atoms with Gasteiger partial charge in [-0.25, -0.2) is 4.39 Å². The van der Waals surface area contributed by atoms with E-state index in [9.17, 15) is 9.50 Å². The van der Waals surface area contributed by atoms with E-state index in [0.717, 1.165) is 27.6 Å². The first-order valence-electron chi connectivity index (χ1n) is 6.71. The number of aromatic nitrogens is 1. The topological polar surface area (TPSA) is 25.2 Å². The molecular formula is C17H15ClFNO. The molecule has 0 fully saturated rings. The summed E-state index contributed by atoms with van der Waals surface area (Å²) in [6.45, 7) is 2.47. The van der Waals surface area contributed by atoms with Gasteiger partial charge >= 0.3 is 0 Å². The third kappa shape index (κ3) is 2.67. The van der Waals surface area contributed by atoms with Crippen LogP contribution in [0, 0.1) is 12.7 Å². The lowest BCUT2D eigenvalue weighted by Crippen LogP contribution is -2.00. The number of halogens is 2. The van der Waals surface area contributed by atoms with Gasteiger partial charge in [0, 0.05) is 28.7 Å². The van der Waals surface area contributed by atoms with Crippen LogP contribution in [0.1, 0.15) is 16.7 Å². The maximum absolute atomic E-state index is 13.4. The molecule has 3 aromatic rings. The SMILES string of the molecule is Cc1ccc(F)cc1Cn1cc(CO)c2ccc(Cl)cc21. The summed E-state index contributed by atoms with van der Waals surface area (Å²) >= 11 is 6.07. The minimum absolute atomic E-state index is 0.0345. The Morgan fingerprint density at radius 3 is 2.71 bits per heavy atom. The van der Waals surface area contributed by atoms with Crippen LogP contribution in [0.5, 0.6) is 0 Å². The van der Waals surface area contributed by atoms with Crippen molar-refractivity contribution in [2.75, 3.05) is 0 Å². The number of aliphatic hydroxyl groups excluding tert-OH is 1. The number of hydrogen-bond acceptors (Lipinski definition) is 1. The molecule has 1 heterocycles. The predicted molar refractivity (Wildman–Crippen MR) is 83.1 cm³/mol. The molecule has 21 heavy (non-hydrogen) atoms. The van der Waals surface area contributed by atoms with Crippen molar-refractivity contribution in [3.05, 3.63) is 70.1 Å². The van der Waals surface area contributed by atoms with Crippen molar-refractivity contribution in [3.8, 4) is 0 Å². The fourth-order valence-electron chi connectivity index (χ4n) is 2.59. The second-order valence-corrected chi connectivity index (χ2v) is 5.61. The molecular weight excluding hydrogens is 289 g/mol. The van der Waals surface area contributed by atoms with Crippen molar-refractivity contribution < 1.29 is 9.50 Å². The Kier molecular flexibility index (Phi) is 3.70. The first kappa shape index (κ1) is 14.1. The fraction of sp³-hybridized carbons (Fsp3) is 0.176. The Balaban J connectivity index is 2.12. The van der Waals surface area contributed by atoms with Gasteiger partial charge in [-0.2, -0.15) is 0 Å². The Labute approximate surface area is 127 Å². The zero-order chi connectivity index (χ0) is 15.0. The van der Waals surface area contributed by atoms with Crippen molar-refractivity contribution in [2.45, 2.75) is 20.1 Å². The third-order valence-electron chi connectivity index (χ3n) is 3.75. The zero-order valence-corrected chi connectivity index (χ0v) is 12.4. The number of benzene rings is 2. The van der Waals surface area contributed by atoms with E-state index in [1.54, 1.807) is 18.2 Å². The summed E-state index contributed by atoms with van der Waals surface area (Å²) in [4.78, 5) is 0. The molecule has 0 radical (unpaired) electrons. The van der Waals surface area contributed by atoms with Crippen LogP contribution in [0.2, 0.25) is 5.02 Å². The van der Waals surface area contributed by atoms with Crippen molar-refractivity contribution in [1.29, 1.82) is 0 Å². The van der Waals surface area contributed by atoms with Gasteiger partial charge in [0.1, 0.15) is 5.82 Å². The Bertz CT molecular complexity index is 810. The van der Waals surface area contributed by atoms with Crippen molar-refractivity contribution in [1.82, 2.24) is 4.57 Å². The van der Waals surface area contributed by atoms with Crippen LogP contribution in [0.3, 0.4) is 0 Å². The molecule has 0 bridgehead atoms. The van der Waals surface area contributed by atoms with E-state index in [-0.39, 0.29) is 12.4 Å². The third-order valence-corrected chi connectivity index (χ3v) is 3.98. The minimum atomic E-state index is -0.243. The first-order chi connectivity index (χ1) is 10.1. The van der Waals surface area contributed by atoms with Gasteiger partial charge < -0.3 is 9.67 Å². The van der Waals surface area contributed by atoms with Gasteiger partial charge in [-0.05, 0) is 42.3 Å². The quantitative estimate of drug-likeness (QED) is 0.767. The van der Waals surface area contributed by atoms with Crippen molar-refractivity contribution in [3.63, 3.8) is 0 Å². The summed E-state index contributed by atoms with van der Waals surface area (Å²) in [5.74, 6) is -0.243. The van der Waals surface area contributed by atoms with E-state index in [1.807, 2.05) is 29.8 Å². The lowest BCUT2D eigenvalue weighted by atomic mass is 10.1. The fourth-order valence-corrected chi connectivity index (χ4v) is 2.76. The Morgan fingerprint density at radius 2 is 1.95 bits per heavy atom. The van der Waals surface area contributed by atoms with E-state index in [1.165, 1.54) is 6.07 Å². The second kappa shape index (κ2) is 5.51. The molecule has 0 spiro atoms. The standard InChI is InChI=1S/C17H15ClFNO/c1-11-2-4-15(19)6-12(11)8-20-9-13(10-21)16-5-3-14(18)7-17(16)20/h2-7,9,21H,8,10H2,1H3. The van der Waals surface area contributed by atoms with Gasteiger partial charge in [-0.3, -0.25) is 0 Å². The molecule has 1 N–H and O–H groups in total. The van der Waals surface area contributed by atoms with E-state index in [0.29, 0.717) is 11.6 Å². The van der Waals surface area contributed by atoms with E-state index in [4.69, 9.17) is 11.6 Å². The van der Waals surface area contributed by atoms with Gasteiger partial charge in [-0.1, -0.05) is 23.7 Å². The number of nitrogens with zero attached hydrogens (tertiary/aromatic N) is 1. The highest BCUT2D eigenvalue weighted by Gasteiger charge is 2.10. The zero-order valence-electron chi connectivity index (χ0n) is 11.6. The van der Waals surface area contributed by atoms with E-state index < -0.39 is 0 Å². The molecule has 0 atom stereocenters. The molecule has 1 aromatic heterocycles. The minimum Gasteiger partial charge on any atom is -0.392 e. The number of aliphatic hydroxyl groups is 1. The van der Waals surface area contributed by atoms with Crippen LogP contribution < -0.4 is 0 Å². The highest BCUT2D eigenvalue weighted by atomic mass is 35.5. The predicted octanol–water partition coefficient (Wildman–Crippen LogP) is 4.28. The molecule has 0 aliphatic carbocycles. The monoisotopic (exact) mass is 303 g/mol. The second-order valence-electron chi connectivity index (χ2n) is 5.17. The molecule has 0 unspecified atom stereocenters. The average Bonchev–Trinajstić information content (AvgIpc) is 2.80. The lowest BCUT2D eigenvalue weighted by molar-refractivity contribution is 0.283. The number of aryl methyl sites for hydroxylation is 1. The summed E-state index contributed by atoms with van der Waals surface area (Å²) in [7, 11) is 0. The average molecular weight is 304 g/mol. The highest BCUT2D eigenvalue weighted by Crippen LogP contribution is 2.26. The first-order valence-corrected chi connectivity index (χ1v) is 7.09. The molecule has 4 heteroatoms. The molecule has 0 aliphatic rings. The molecule has 0 saturated carbocycles. The molecule has 108 valence electrons. The molecule has 3 rings (SSSR count). The normalized spacial score (nSPS) is 11.2. The summed E-state index contributed by atoms with van der Waals surface area (Å²) in [5, 5.41) is 11.1. The van der Waals surface area contributed by atoms with Gasteiger partial charge in [0.15, 0.2) is 0 Å². The van der Waals surface area contributed by atoms with Crippen LogP contribution in [0.15, 0.2) is 42.6 Å². The van der Waals surface area contributed by atoms with Gasteiger partial charge in [0.05, 0.1) is 12.1 Å². The van der Waals surface area contributed by atoms with E-state index >= 15 is 0 Å². The lowest BCUT2D eigenvalue weighted by Gasteiger charge is -2.09. The van der Waals surface area contributed by atoms with Gasteiger partial charge in [0.25, 0.3) is 0 Å². The number of fused-ring (bicyclic) bond motifs is 1. The van der Waals surface area contributed by atoms with Crippen LogP contribution >= 0.6 is 11.6 Å². The van der Waals surface area contributed by atoms with Gasteiger partial charge in [-0.15, -0.1) is 0 Å². The summed E-state index contributed by atoms with van der Waals surface area (Å²) in [5.41, 5.74) is 3.73. The highest BCUT2D eigenvalue weighted by molar-refractivity contribution is 6.31. The van der Waals surface area contributed by atoms with Crippen molar-refractivity contribution >= 4 is 22.5 Å². The van der Waals surface area contributed by atoms with Crippen LogP contribution in [-0.4, -0.2) is 9.67 Å². The summed E-state index contributed by atoms with van der Waals surface area (Å²) in [6.07, 6.45) is 1.89. The Morgan fingerprint density at radius 1 is 1.14 bits per heavy atom. The summed E-state index contributed by atoms with van der Waals surface area (Å²) in [6, 6.07) is 10.4. The van der Waals surface area contributed by atoms with Crippen LogP contribution in [0.4, 0.5) is 4.39 Å². The maximum Gasteiger partial charge on any atom is 0.123 e. The smallest absolute Gasteiger partial charge is 0.123 e. The van der Waals surface area contributed by atoms with Crippen LogP contribution in [0.25, 0.3) is 10.9 Å². The largest absolute Gasteiger partial charge is 0.392 e. The molecule has 0 amide bonds. The maximum atomic E-state index is 13.4. The van der Waals surface area contributed by atoms with Gasteiger partial charge in [0.2, 0.25) is 0 Å². The Hall–Kier alpha value is -1.84. The number of hydrogen-bond donors (Lipinski definition) is 1. The summed E-state index contributed by atoms with van der Waals surface area (Å²) < 4.78 is 15.4. The number of rotatable bonds is 3. The molecule has 0 saturated heterocycles. The van der Waals surface area contributed by atoms with Crippen molar-refractivity contribution in [2.24, 2.45) is 0 Å². The van der Waals surface area contributed by atoms with E-state index in [2.05, 4.69) is 0 Å².